The SMILES string of the molecule is CCNC(=NCc1nc(C)c(C)s1)NC1CCN(C(=O)OC)CC1.I. The van der Waals surface area contributed by atoms with Crippen molar-refractivity contribution >= 4 is 47.4 Å². The summed E-state index contributed by atoms with van der Waals surface area (Å²) in [5.74, 6) is 0.805. The number of amides is 1. The van der Waals surface area contributed by atoms with E-state index in [4.69, 9.17) is 4.74 Å². The number of aromatic nitrogens is 1. The highest BCUT2D eigenvalue weighted by Gasteiger charge is 2.23. The van der Waals surface area contributed by atoms with Crippen molar-refractivity contribution in [2.75, 3.05) is 26.7 Å². The minimum absolute atomic E-state index is 0. The number of carbonyl (C=O) groups is 1. The van der Waals surface area contributed by atoms with Gasteiger partial charge in [0.15, 0.2) is 5.96 Å². The highest BCUT2D eigenvalue weighted by molar-refractivity contribution is 14.0. The molecule has 142 valence electrons. The Hall–Kier alpha value is -1.10. The predicted molar refractivity (Wildman–Crippen MR) is 112 cm³/mol. The molecule has 2 rings (SSSR count). The van der Waals surface area contributed by atoms with Crippen LogP contribution in [0.3, 0.4) is 0 Å². The lowest BCUT2D eigenvalue weighted by Crippen LogP contribution is -2.49. The van der Waals surface area contributed by atoms with Gasteiger partial charge in [0, 0.05) is 30.6 Å². The molecule has 1 fully saturated rings. The fourth-order valence-electron chi connectivity index (χ4n) is 2.60. The zero-order chi connectivity index (χ0) is 17.5. The zero-order valence-electron chi connectivity index (χ0n) is 15.3. The second kappa shape index (κ2) is 10.8. The van der Waals surface area contributed by atoms with Crippen LogP contribution in [0.15, 0.2) is 4.99 Å². The van der Waals surface area contributed by atoms with Crippen LogP contribution >= 0.6 is 35.3 Å². The number of aryl methyl sites for hydroxylation is 2. The first-order valence-corrected chi connectivity index (χ1v) is 9.15. The van der Waals surface area contributed by atoms with Gasteiger partial charge in [-0.25, -0.2) is 14.8 Å². The van der Waals surface area contributed by atoms with Crippen molar-refractivity contribution < 1.29 is 9.53 Å². The molecule has 0 saturated carbocycles. The van der Waals surface area contributed by atoms with Gasteiger partial charge in [-0.1, -0.05) is 0 Å². The van der Waals surface area contributed by atoms with Crippen molar-refractivity contribution in [3.05, 3.63) is 15.6 Å². The maximum absolute atomic E-state index is 11.5. The van der Waals surface area contributed by atoms with Gasteiger partial charge < -0.3 is 20.3 Å². The first-order valence-electron chi connectivity index (χ1n) is 8.34. The van der Waals surface area contributed by atoms with Crippen LogP contribution in [0.1, 0.15) is 35.3 Å². The Balaban J connectivity index is 0.00000312. The molecule has 1 aromatic rings. The van der Waals surface area contributed by atoms with Crippen molar-refractivity contribution in [3.8, 4) is 0 Å². The molecule has 1 amide bonds. The molecule has 2 heterocycles. The molecule has 25 heavy (non-hydrogen) atoms. The van der Waals surface area contributed by atoms with Crippen molar-refractivity contribution in [2.45, 2.75) is 46.2 Å². The van der Waals surface area contributed by atoms with Gasteiger partial charge in [0.05, 0.1) is 19.3 Å². The van der Waals surface area contributed by atoms with E-state index in [1.54, 1.807) is 16.2 Å². The summed E-state index contributed by atoms with van der Waals surface area (Å²) in [5.41, 5.74) is 1.08. The summed E-state index contributed by atoms with van der Waals surface area (Å²) in [6.45, 7) is 8.95. The number of rotatable bonds is 4. The Morgan fingerprint density at radius 2 is 2.08 bits per heavy atom. The quantitative estimate of drug-likeness (QED) is 0.393. The van der Waals surface area contributed by atoms with Crippen LogP contribution in [0.4, 0.5) is 4.79 Å². The maximum atomic E-state index is 11.5. The summed E-state index contributed by atoms with van der Waals surface area (Å²) < 4.78 is 4.77. The van der Waals surface area contributed by atoms with Crippen LogP contribution in [0.5, 0.6) is 0 Å². The van der Waals surface area contributed by atoms with Crippen LogP contribution in [0.2, 0.25) is 0 Å². The molecular formula is C16H28IN5O2S. The number of methoxy groups -OCH3 is 1. The van der Waals surface area contributed by atoms with Gasteiger partial charge in [0.2, 0.25) is 0 Å². The first kappa shape index (κ1) is 21.9. The Labute approximate surface area is 170 Å². The van der Waals surface area contributed by atoms with Crippen LogP contribution in [-0.2, 0) is 11.3 Å². The van der Waals surface area contributed by atoms with Gasteiger partial charge in [-0.05, 0) is 33.6 Å². The number of carbonyl (C=O) groups excluding carboxylic acids is 1. The Morgan fingerprint density at radius 3 is 2.60 bits per heavy atom. The van der Waals surface area contributed by atoms with Crippen LogP contribution in [0.25, 0.3) is 0 Å². The maximum Gasteiger partial charge on any atom is 0.409 e. The summed E-state index contributed by atoms with van der Waals surface area (Å²) in [5, 5.41) is 7.77. The van der Waals surface area contributed by atoms with E-state index in [0.717, 1.165) is 36.0 Å². The molecule has 7 nitrogen and oxygen atoms in total. The number of piperidine rings is 1. The van der Waals surface area contributed by atoms with E-state index in [2.05, 4.69) is 34.5 Å². The molecule has 1 saturated heterocycles. The number of nitrogens with one attached hydrogen (secondary N) is 2. The van der Waals surface area contributed by atoms with Gasteiger partial charge >= 0.3 is 6.09 Å². The van der Waals surface area contributed by atoms with Crippen LogP contribution in [-0.4, -0.2) is 54.7 Å². The third kappa shape index (κ3) is 6.61. The number of likely N-dealkylation sites (tertiary alicyclic amines) is 1. The van der Waals surface area contributed by atoms with Crippen molar-refractivity contribution in [1.82, 2.24) is 20.5 Å². The number of hydrogen-bond donors (Lipinski definition) is 2. The number of hydrogen-bond acceptors (Lipinski definition) is 5. The Morgan fingerprint density at radius 1 is 1.40 bits per heavy atom. The molecule has 0 atom stereocenters. The van der Waals surface area contributed by atoms with E-state index in [9.17, 15) is 4.79 Å². The smallest absolute Gasteiger partial charge is 0.409 e. The highest BCUT2D eigenvalue weighted by Crippen LogP contribution is 2.17. The zero-order valence-corrected chi connectivity index (χ0v) is 18.4. The number of nitrogens with zero attached hydrogens (tertiary/aromatic N) is 3. The topological polar surface area (TPSA) is 78.9 Å². The number of halogens is 1. The van der Waals surface area contributed by atoms with E-state index in [1.807, 2.05) is 6.92 Å². The van der Waals surface area contributed by atoms with Crippen molar-refractivity contribution in [2.24, 2.45) is 4.99 Å². The van der Waals surface area contributed by atoms with Gasteiger partial charge in [-0.2, -0.15) is 0 Å². The summed E-state index contributed by atoms with van der Waals surface area (Å²) in [6.07, 6.45) is 1.52. The summed E-state index contributed by atoms with van der Waals surface area (Å²) in [6, 6.07) is 0.309. The monoisotopic (exact) mass is 481 g/mol. The second-order valence-corrected chi connectivity index (χ2v) is 7.11. The van der Waals surface area contributed by atoms with E-state index in [1.165, 1.54) is 12.0 Å². The molecular weight excluding hydrogens is 453 g/mol. The average Bonchev–Trinajstić information content (AvgIpc) is 2.91. The summed E-state index contributed by atoms with van der Waals surface area (Å²) in [4.78, 5) is 23.7. The fraction of sp³-hybridized carbons (Fsp3) is 0.688. The number of ether oxygens (including phenoxy) is 1. The Bertz CT molecular complexity index is 566. The van der Waals surface area contributed by atoms with Gasteiger partial charge in [0.25, 0.3) is 0 Å². The predicted octanol–water partition coefficient (Wildman–Crippen LogP) is 2.66. The highest BCUT2D eigenvalue weighted by atomic mass is 127. The van der Waals surface area contributed by atoms with E-state index >= 15 is 0 Å². The van der Waals surface area contributed by atoms with Crippen LogP contribution in [0, 0.1) is 13.8 Å². The molecule has 0 aromatic carbocycles. The third-order valence-corrected chi connectivity index (χ3v) is 5.12. The Kier molecular flexibility index (Phi) is 9.47. The molecule has 0 aliphatic carbocycles. The number of aliphatic imine (C=N–C) groups is 1. The van der Waals surface area contributed by atoms with E-state index in [0.29, 0.717) is 25.7 Å². The molecule has 1 aliphatic heterocycles. The van der Waals surface area contributed by atoms with Gasteiger partial charge in [-0.15, -0.1) is 35.3 Å². The van der Waals surface area contributed by atoms with Crippen molar-refractivity contribution in [3.63, 3.8) is 0 Å². The largest absolute Gasteiger partial charge is 0.453 e. The lowest BCUT2D eigenvalue weighted by molar-refractivity contribution is 0.111. The first-order chi connectivity index (χ1) is 11.5. The minimum Gasteiger partial charge on any atom is -0.453 e. The van der Waals surface area contributed by atoms with E-state index in [-0.39, 0.29) is 30.1 Å². The molecule has 0 radical (unpaired) electrons. The molecule has 2 N–H and O–H groups in total. The molecule has 0 unspecified atom stereocenters. The van der Waals surface area contributed by atoms with Crippen molar-refractivity contribution in [1.29, 1.82) is 0 Å². The third-order valence-electron chi connectivity index (χ3n) is 4.06. The average molecular weight is 481 g/mol. The summed E-state index contributed by atoms with van der Waals surface area (Å²) in [7, 11) is 1.42. The lowest BCUT2D eigenvalue weighted by Gasteiger charge is -2.32. The van der Waals surface area contributed by atoms with Crippen LogP contribution < -0.4 is 10.6 Å². The lowest BCUT2D eigenvalue weighted by atomic mass is 10.1. The van der Waals surface area contributed by atoms with E-state index < -0.39 is 0 Å². The normalized spacial score (nSPS) is 15.5. The number of thiazole rings is 1. The number of guanidine groups is 1. The van der Waals surface area contributed by atoms with Gasteiger partial charge in [-0.3, -0.25) is 0 Å². The molecule has 1 aliphatic rings. The fourth-order valence-corrected chi connectivity index (χ4v) is 3.46. The van der Waals surface area contributed by atoms with Gasteiger partial charge in [0.1, 0.15) is 5.01 Å². The second-order valence-electron chi connectivity index (χ2n) is 5.82. The minimum atomic E-state index is -0.247. The molecule has 0 spiro atoms. The molecule has 9 heteroatoms. The standard InChI is InChI=1S/C16H27N5O2S.HI/c1-5-17-15(18-10-14-19-11(2)12(3)24-14)20-13-6-8-21(9-7-13)16(22)23-4;/h13H,5-10H2,1-4H3,(H2,17,18,20);1H. The summed E-state index contributed by atoms with van der Waals surface area (Å²) >= 11 is 1.69. The molecule has 0 bridgehead atoms. The molecule has 1 aromatic heterocycles.